The average molecular weight is 425 g/mol. The molecule has 0 radical (unpaired) electrons. The summed E-state index contributed by atoms with van der Waals surface area (Å²) >= 11 is 12.1. The first-order valence-electron chi connectivity index (χ1n) is 8.07. The Balaban J connectivity index is 2.13. The van der Waals surface area contributed by atoms with Gasteiger partial charge in [0, 0.05) is 0 Å². The lowest BCUT2D eigenvalue weighted by Gasteiger charge is -2.19. The third-order valence-electron chi connectivity index (χ3n) is 3.64. The van der Waals surface area contributed by atoms with Crippen LogP contribution < -0.4 is 22.1 Å². The SMILES string of the molecule is NC(=O)NC[C@H](NC(=O)c1c(Cl)ccc(N)c1Cl)C(=O)OCc1ccccc1. The lowest BCUT2D eigenvalue weighted by atomic mass is 10.1. The van der Waals surface area contributed by atoms with Crippen LogP contribution in [0.2, 0.25) is 10.0 Å². The van der Waals surface area contributed by atoms with Crippen molar-refractivity contribution >= 4 is 46.8 Å². The number of amides is 3. The number of primary amides is 1. The number of esters is 1. The number of urea groups is 1. The molecule has 0 heterocycles. The lowest BCUT2D eigenvalue weighted by Crippen LogP contribution is -2.50. The fraction of sp³-hybridized carbons (Fsp3) is 0.167. The number of ether oxygens (including phenoxy) is 1. The summed E-state index contributed by atoms with van der Waals surface area (Å²) in [6.07, 6.45) is 0. The van der Waals surface area contributed by atoms with E-state index in [1.807, 2.05) is 6.07 Å². The molecule has 0 aliphatic heterocycles. The maximum atomic E-state index is 12.6. The van der Waals surface area contributed by atoms with Gasteiger partial charge in [-0.3, -0.25) is 4.79 Å². The van der Waals surface area contributed by atoms with E-state index in [9.17, 15) is 14.4 Å². The summed E-state index contributed by atoms with van der Waals surface area (Å²) < 4.78 is 5.21. The van der Waals surface area contributed by atoms with Crippen molar-refractivity contribution in [2.45, 2.75) is 12.6 Å². The smallest absolute Gasteiger partial charge is 0.330 e. The van der Waals surface area contributed by atoms with Gasteiger partial charge in [-0.05, 0) is 17.7 Å². The Hall–Kier alpha value is -2.97. The molecule has 3 amide bonds. The van der Waals surface area contributed by atoms with E-state index in [4.69, 9.17) is 39.4 Å². The number of anilines is 1. The Morgan fingerprint density at radius 2 is 1.75 bits per heavy atom. The number of nitrogen functional groups attached to an aromatic ring is 1. The van der Waals surface area contributed by atoms with Gasteiger partial charge in [0.25, 0.3) is 5.91 Å². The molecular formula is C18H18Cl2N4O4. The first-order chi connectivity index (χ1) is 13.3. The summed E-state index contributed by atoms with van der Waals surface area (Å²) in [6.45, 7) is -0.297. The fourth-order valence-electron chi connectivity index (χ4n) is 2.23. The van der Waals surface area contributed by atoms with Gasteiger partial charge in [0.2, 0.25) is 0 Å². The van der Waals surface area contributed by atoms with E-state index >= 15 is 0 Å². The second kappa shape index (κ2) is 9.82. The molecule has 2 aromatic rings. The van der Waals surface area contributed by atoms with Gasteiger partial charge in [0.05, 0.1) is 27.8 Å². The normalized spacial score (nSPS) is 11.4. The minimum Gasteiger partial charge on any atom is -0.459 e. The van der Waals surface area contributed by atoms with E-state index in [1.165, 1.54) is 12.1 Å². The molecule has 0 saturated heterocycles. The minimum absolute atomic E-state index is 0.0115. The van der Waals surface area contributed by atoms with Crippen molar-refractivity contribution in [3.63, 3.8) is 0 Å². The van der Waals surface area contributed by atoms with E-state index in [2.05, 4.69) is 10.6 Å². The molecule has 0 fully saturated rings. The highest BCUT2D eigenvalue weighted by atomic mass is 35.5. The number of carbonyl (C=O) groups excluding carboxylic acids is 3. The van der Waals surface area contributed by atoms with Crippen LogP contribution in [0.25, 0.3) is 0 Å². The van der Waals surface area contributed by atoms with Crippen LogP contribution >= 0.6 is 23.2 Å². The van der Waals surface area contributed by atoms with Gasteiger partial charge >= 0.3 is 12.0 Å². The molecule has 1 atom stereocenters. The number of carbonyl (C=O) groups is 3. The molecule has 2 rings (SSSR count). The summed E-state index contributed by atoms with van der Waals surface area (Å²) in [5.74, 6) is -1.53. The summed E-state index contributed by atoms with van der Waals surface area (Å²) in [7, 11) is 0. The van der Waals surface area contributed by atoms with Gasteiger partial charge < -0.3 is 26.8 Å². The largest absolute Gasteiger partial charge is 0.459 e. The van der Waals surface area contributed by atoms with E-state index < -0.39 is 23.9 Å². The van der Waals surface area contributed by atoms with Crippen LogP contribution in [0.5, 0.6) is 0 Å². The van der Waals surface area contributed by atoms with Crippen LogP contribution in [0.1, 0.15) is 15.9 Å². The molecular weight excluding hydrogens is 407 g/mol. The second-order valence-electron chi connectivity index (χ2n) is 5.69. The Bertz CT molecular complexity index is 877. The zero-order chi connectivity index (χ0) is 20.7. The lowest BCUT2D eigenvalue weighted by molar-refractivity contribution is -0.147. The van der Waals surface area contributed by atoms with Gasteiger partial charge in [-0.15, -0.1) is 0 Å². The summed E-state index contributed by atoms with van der Waals surface area (Å²) in [6, 6.07) is 9.71. The average Bonchev–Trinajstić information content (AvgIpc) is 2.67. The highest BCUT2D eigenvalue weighted by molar-refractivity contribution is 6.41. The van der Waals surface area contributed by atoms with Crippen molar-refractivity contribution in [2.75, 3.05) is 12.3 Å². The van der Waals surface area contributed by atoms with Gasteiger partial charge in [0.1, 0.15) is 12.6 Å². The van der Waals surface area contributed by atoms with Crippen LogP contribution in [-0.2, 0) is 16.1 Å². The molecule has 0 aliphatic carbocycles. The van der Waals surface area contributed by atoms with Crippen molar-refractivity contribution < 1.29 is 19.1 Å². The molecule has 10 heteroatoms. The zero-order valence-electron chi connectivity index (χ0n) is 14.6. The maximum absolute atomic E-state index is 12.6. The summed E-state index contributed by atoms with van der Waals surface area (Å²) in [5.41, 5.74) is 11.5. The molecule has 0 aliphatic rings. The van der Waals surface area contributed by atoms with Gasteiger partial charge in [-0.2, -0.15) is 0 Å². The van der Waals surface area contributed by atoms with Gasteiger partial charge in [0.15, 0.2) is 0 Å². The third-order valence-corrected chi connectivity index (χ3v) is 4.36. The number of nitrogens with two attached hydrogens (primary N) is 2. The van der Waals surface area contributed by atoms with Crippen LogP contribution in [0.4, 0.5) is 10.5 Å². The molecule has 0 bridgehead atoms. The van der Waals surface area contributed by atoms with Crippen LogP contribution in [0.15, 0.2) is 42.5 Å². The quantitative estimate of drug-likeness (QED) is 0.398. The van der Waals surface area contributed by atoms with Gasteiger partial charge in [-0.25, -0.2) is 9.59 Å². The Labute approximate surface area is 171 Å². The molecule has 0 saturated carbocycles. The zero-order valence-corrected chi connectivity index (χ0v) is 16.1. The second-order valence-corrected chi connectivity index (χ2v) is 6.48. The molecule has 0 aromatic heterocycles. The van der Waals surface area contributed by atoms with Crippen molar-refractivity contribution in [1.82, 2.24) is 10.6 Å². The number of benzene rings is 2. The van der Waals surface area contributed by atoms with Crippen molar-refractivity contribution in [2.24, 2.45) is 5.73 Å². The van der Waals surface area contributed by atoms with E-state index in [-0.39, 0.29) is 34.4 Å². The van der Waals surface area contributed by atoms with E-state index in [1.54, 1.807) is 24.3 Å². The van der Waals surface area contributed by atoms with E-state index in [0.717, 1.165) is 5.56 Å². The summed E-state index contributed by atoms with van der Waals surface area (Å²) in [5, 5.41) is 4.68. The summed E-state index contributed by atoms with van der Waals surface area (Å²) in [4.78, 5) is 36.0. The Morgan fingerprint density at radius 1 is 1.07 bits per heavy atom. The first-order valence-corrected chi connectivity index (χ1v) is 8.83. The van der Waals surface area contributed by atoms with Crippen LogP contribution in [0, 0.1) is 0 Å². The first kappa shape index (κ1) is 21.3. The Kier molecular flexibility index (Phi) is 7.48. The van der Waals surface area contributed by atoms with Crippen molar-refractivity contribution in [3.05, 3.63) is 63.6 Å². The van der Waals surface area contributed by atoms with E-state index in [0.29, 0.717) is 0 Å². The molecule has 6 N–H and O–H groups in total. The van der Waals surface area contributed by atoms with Crippen LogP contribution in [0.3, 0.4) is 0 Å². The van der Waals surface area contributed by atoms with Crippen LogP contribution in [-0.4, -0.2) is 30.5 Å². The molecule has 8 nitrogen and oxygen atoms in total. The minimum atomic E-state index is -1.22. The predicted molar refractivity (Wildman–Crippen MR) is 106 cm³/mol. The molecule has 2 aromatic carbocycles. The number of hydrogen-bond acceptors (Lipinski definition) is 5. The fourth-order valence-corrected chi connectivity index (χ4v) is 2.77. The van der Waals surface area contributed by atoms with Gasteiger partial charge in [-0.1, -0.05) is 53.5 Å². The topological polar surface area (TPSA) is 137 Å². The number of nitrogens with one attached hydrogen (secondary N) is 2. The Morgan fingerprint density at radius 3 is 2.39 bits per heavy atom. The molecule has 0 unspecified atom stereocenters. The molecule has 28 heavy (non-hydrogen) atoms. The standard InChI is InChI=1S/C18H18Cl2N4O4/c19-11-6-7-12(21)15(20)14(11)16(25)24-13(8-23-18(22)27)17(26)28-9-10-4-2-1-3-5-10/h1-7,13H,8-9,21H2,(H,24,25)(H3,22,23,27)/t13-/m0/s1. The highest BCUT2D eigenvalue weighted by Crippen LogP contribution is 2.29. The molecule has 148 valence electrons. The van der Waals surface area contributed by atoms with Crippen molar-refractivity contribution in [1.29, 1.82) is 0 Å². The van der Waals surface area contributed by atoms with Crippen molar-refractivity contribution in [3.8, 4) is 0 Å². The maximum Gasteiger partial charge on any atom is 0.330 e. The number of halogens is 2. The number of rotatable bonds is 7. The molecule has 0 spiro atoms. The monoisotopic (exact) mass is 424 g/mol. The third kappa shape index (κ3) is 5.77. The predicted octanol–water partition coefficient (Wildman–Crippen LogP) is 2.09. The number of hydrogen-bond donors (Lipinski definition) is 4. The highest BCUT2D eigenvalue weighted by Gasteiger charge is 2.26.